The van der Waals surface area contributed by atoms with E-state index in [1.807, 2.05) is 4.90 Å². The Labute approximate surface area is 160 Å². The van der Waals surface area contributed by atoms with Gasteiger partial charge in [0, 0.05) is 50.9 Å². The van der Waals surface area contributed by atoms with Crippen LogP contribution in [0.1, 0.15) is 6.42 Å². The monoisotopic (exact) mass is 415 g/mol. The maximum absolute atomic E-state index is 13.2. The molecule has 0 unspecified atom stereocenters. The van der Waals surface area contributed by atoms with Crippen LogP contribution in [0.4, 0.5) is 14.5 Å². The van der Waals surface area contributed by atoms with Crippen molar-refractivity contribution >= 4 is 33.0 Å². The summed E-state index contributed by atoms with van der Waals surface area (Å²) in [6.45, 7) is 2.25. The minimum absolute atomic E-state index is 0.177. The molecule has 2 aromatic rings. The molecule has 1 aliphatic rings. The van der Waals surface area contributed by atoms with Crippen molar-refractivity contribution in [1.82, 2.24) is 9.21 Å². The van der Waals surface area contributed by atoms with Crippen molar-refractivity contribution in [2.75, 3.05) is 38.0 Å². The van der Waals surface area contributed by atoms with Crippen molar-refractivity contribution in [3.05, 3.63) is 47.3 Å². The molecular weight excluding hydrogens is 396 g/mol. The number of thiophene rings is 1. The third kappa shape index (κ3) is 4.89. The molecule has 1 aliphatic heterocycles. The summed E-state index contributed by atoms with van der Waals surface area (Å²) >= 11 is 1.19. The van der Waals surface area contributed by atoms with Crippen molar-refractivity contribution in [3.8, 4) is 0 Å². The highest BCUT2D eigenvalue weighted by molar-refractivity contribution is 7.91. The van der Waals surface area contributed by atoms with Crippen LogP contribution >= 0.6 is 11.3 Å². The Morgan fingerprint density at radius 2 is 1.85 bits per heavy atom. The van der Waals surface area contributed by atoms with Gasteiger partial charge >= 0.3 is 0 Å². The van der Waals surface area contributed by atoms with Gasteiger partial charge in [0.1, 0.15) is 4.21 Å². The van der Waals surface area contributed by atoms with E-state index in [1.165, 1.54) is 21.7 Å². The minimum Gasteiger partial charge on any atom is -0.326 e. The molecule has 1 N–H and O–H groups in total. The molecule has 1 fully saturated rings. The summed E-state index contributed by atoms with van der Waals surface area (Å²) in [5.41, 5.74) is 0.200. The second kappa shape index (κ2) is 8.42. The summed E-state index contributed by atoms with van der Waals surface area (Å²) in [5, 5.41) is 4.25. The standard InChI is InChI=1S/C17H19F2N3O3S2/c18-14-4-3-13(12-15(14)19)20-16(23)5-6-21-7-9-22(10-8-21)27(24,25)17-2-1-11-26-17/h1-4,11-12H,5-10H2,(H,20,23). The number of amides is 1. The number of nitrogens with one attached hydrogen (secondary N) is 1. The van der Waals surface area contributed by atoms with Crippen LogP contribution in [0, 0.1) is 11.6 Å². The molecular formula is C17H19F2N3O3S2. The lowest BCUT2D eigenvalue weighted by Crippen LogP contribution is -2.48. The second-order valence-electron chi connectivity index (χ2n) is 6.10. The first kappa shape index (κ1) is 19.9. The van der Waals surface area contributed by atoms with E-state index in [0.29, 0.717) is 36.9 Å². The zero-order chi connectivity index (χ0) is 19.4. The summed E-state index contributed by atoms with van der Waals surface area (Å²) in [6.07, 6.45) is 0.177. The van der Waals surface area contributed by atoms with E-state index in [2.05, 4.69) is 5.32 Å². The molecule has 0 aliphatic carbocycles. The summed E-state index contributed by atoms with van der Waals surface area (Å²) < 4.78 is 52.8. The highest BCUT2D eigenvalue weighted by Gasteiger charge is 2.29. The molecule has 1 amide bonds. The molecule has 10 heteroatoms. The van der Waals surface area contributed by atoms with E-state index in [9.17, 15) is 22.0 Å². The molecule has 3 rings (SSSR count). The van der Waals surface area contributed by atoms with Gasteiger partial charge in [0.05, 0.1) is 0 Å². The Bertz CT molecular complexity index is 896. The number of nitrogens with zero attached hydrogens (tertiary/aromatic N) is 2. The first-order valence-electron chi connectivity index (χ1n) is 8.37. The van der Waals surface area contributed by atoms with E-state index >= 15 is 0 Å². The molecule has 0 bridgehead atoms. The smallest absolute Gasteiger partial charge is 0.252 e. The normalized spacial score (nSPS) is 16.4. The SMILES string of the molecule is O=C(CCN1CCN(S(=O)(=O)c2cccs2)CC1)Nc1ccc(F)c(F)c1. The van der Waals surface area contributed by atoms with Crippen molar-refractivity contribution in [1.29, 1.82) is 0 Å². The van der Waals surface area contributed by atoms with Crippen LogP contribution < -0.4 is 5.32 Å². The molecule has 0 saturated carbocycles. The average Bonchev–Trinajstić information content (AvgIpc) is 3.19. The van der Waals surface area contributed by atoms with E-state index in [4.69, 9.17) is 0 Å². The fourth-order valence-electron chi connectivity index (χ4n) is 2.79. The molecule has 6 nitrogen and oxygen atoms in total. The molecule has 1 aromatic carbocycles. The number of sulfonamides is 1. The summed E-state index contributed by atoms with van der Waals surface area (Å²) in [4.78, 5) is 14.0. The topological polar surface area (TPSA) is 69.7 Å². The number of piperazine rings is 1. The van der Waals surface area contributed by atoms with Gasteiger partial charge in [-0.15, -0.1) is 11.3 Å². The summed E-state index contributed by atoms with van der Waals surface area (Å²) in [5.74, 6) is -2.30. The van der Waals surface area contributed by atoms with Gasteiger partial charge in [0.2, 0.25) is 5.91 Å². The summed E-state index contributed by atoms with van der Waals surface area (Å²) in [7, 11) is -3.44. The van der Waals surface area contributed by atoms with Crippen LogP contribution in [0.25, 0.3) is 0 Å². The van der Waals surface area contributed by atoms with Crippen molar-refractivity contribution in [2.45, 2.75) is 10.6 Å². The van der Waals surface area contributed by atoms with Gasteiger partial charge in [-0.3, -0.25) is 4.79 Å². The van der Waals surface area contributed by atoms with Crippen LogP contribution in [-0.4, -0.2) is 56.3 Å². The van der Waals surface area contributed by atoms with Crippen molar-refractivity contribution in [2.24, 2.45) is 0 Å². The Balaban J connectivity index is 1.45. The fraction of sp³-hybridized carbons (Fsp3) is 0.353. The third-order valence-electron chi connectivity index (χ3n) is 4.28. The van der Waals surface area contributed by atoms with Crippen LogP contribution in [0.5, 0.6) is 0 Å². The number of benzene rings is 1. The average molecular weight is 415 g/mol. The van der Waals surface area contributed by atoms with Crippen LogP contribution in [0.15, 0.2) is 39.9 Å². The second-order valence-corrected chi connectivity index (χ2v) is 9.22. The molecule has 27 heavy (non-hydrogen) atoms. The zero-order valence-corrected chi connectivity index (χ0v) is 16.0. The van der Waals surface area contributed by atoms with Crippen LogP contribution in [-0.2, 0) is 14.8 Å². The number of hydrogen-bond acceptors (Lipinski definition) is 5. The predicted molar refractivity (Wildman–Crippen MR) is 99.1 cm³/mol. The van der Waals surface area contributed by atoms with Gasteiger partial charge in [-0.1, -0.05) is 6.07 Å². The highest BCUT2D eigenvalue weighted by atomic mass is 32.2. The molecule has 0 atom stereocenters. The van der Waals surface area contributed by atoms with E-state index in [0.717, 1.165) is 12.1 Å². The number of anilines is 1. The van der Waals surface area contributed by atoms with Gasteiger partial charge in [-0.25, -0.2) is 17.2 Å². The fourth-order valence-corrected chi connectivity index (χ4v) is 5.35. The van der Waals surface area contributed by atoms with Crippen LogP contribution in [0.3, 0.4) is 0 Å². The number of carbonyl (C=O) groups excluding carboxylic acids is 1. The Hall–Kier alpha value is -1.88. The van der Waals surface area contributed by atoms with Crippen LogP contribution in [0.2, 0.25) is 0 Å². The van der Waals surface area contributed by atoms with E-state index in [1.54, 1.807) is 17.5 Å². The first-order valence-corrected chi connectivity index (χ1v) is 10.7. The maximum Gasteiger partial charge on any atom is 0.252 e. The highest BCUT2D eigenvalue weighted by Crippen LogP contribution is 2.22. The summed E-state index contributed by atoms with van der Waals surface area (Å²) in [6, 6.07) is 6.48. The number of hydrogen-bond donors (Lipinski definition) is 1. The Kier molecular flexibility index (Phi) is 6.20. The van der Waals surface area contributed by atoms with Gasteiger partial charge < -0.3 is 10.2 Å². The van der Waals surface area contributed by atoms with Crippen molar-refractivity contribution in [3.63, 3.8) is 0 Å². The molecule has 1 aromatic heterocycles. The quantitative estimate of drug-likeness (QED) is 0.787. The van der Waals surface area contributed by atoms with E-state index in [-0.39, 0.29) is 18.0 Å². The lowest BCUT2D eigenvalue weighted by molar-refractivity contribution is -0.116. The van der Waals surface area contributed by atoms with Crippen molar-refractivity contribution < 1.29 is 22.0 Å². The van der Waals surface area contributed by atoms with Gasteiger partial charge in [-0.05, 0) is 23.6 Å². The lowest BCUT2D eigenvalue weighted by Gasteiger charge is -2.33. The number of carbonyl (C=O) groups is 1. The molecule has 146 valence electrons. The lowest BCUT2D eigenvalue weighted by atomic mass is 10.2. The molecule has 1 saturated heterocycles. The first-order chi connectivity index (χ1) is 12.9. The number of halogens is 2. The van der Waals surface area contributed by atoms with Gasteiger partial charge in [-0.2, -0.15) is 4.31 Å². The van der Waals surface area contributed by atoms with Gasteiger partial charge in [0.25, 0.3) is 10.0 Å². The molecule has 0 spiro atoms. The molecule has 2 heterocycles. The minimum atomic E-state index is -3.44. The van der Waals surface area contributed by atoms with E-state index < -0.39 is 21.7 Å². The Morgan fingerprint density at radius 1 is 1.11 bits per heavy atom. The third-order valence-corrected chi connectivity index (χ3v) is 7.55. The largest absolute Gasteiger partial charge is 0.326 e. The zero-order valence-electron chi connectivity index (χ0n) is 14.4. The van der Waals surface area contributed by atoms with Gasteiger partial charge in [0.15, 0.2) is 11.6 Å². The maximum atomic E-state index is 13.2. The Morgan fingerprint density at radius 3 is 2.48 bits per heavy atom. The predicted octanol–water partition coefficient (Wildman–Crippen LogP) is 2.36. The number of rotatable bonds is 6. The molecule has 0 radical (unpaired) electrons.